The topological polar surface area (TPSA) is 72.7 Å². The Labute approximate surface area is 164 Å². The van der Waals surface area contributed by atoms with Gasteiger partial charge in [-0.2, -0.15) is 4.68 Å². The van der Waals surface area contributed by atoms with E-state index in [-0.39, 0.29) is 11.7 Å². The molecule has 0 saturated carbocycles. The summed E-state index contributed by atoms with van der Waals surface area (Å²) >= 11 is 13.2. The number of thioether (sulfide) groups is 1. The van der Waals surface area contributed by atoms with Crippen LogP contribution in [0.1, 0.15) is 12.5 Å². The molecule has 1 N–H and O–H groups in total. The molecule has 26 heavy (non-hydrogen) atoms. The number of aromatic nitrogens is 4. The second-order valence-corrected chi connectivity index (χ2v) is 7.14. The quantitative estimate of drug-likeness (QED) is 0.617. The summed E-state index contributed by atoms with van der Waals surface area (Å²) in [6.07, 6.45) is 0.962. The molecule has 3 rings (SSSR count). The van der Waals surface area contributed by atoms with Crippen molar-refractivity contribution in [1.82, 2.24) is 20.2 Å². The van der Waals surface area contributed by atoms with Crippen molar-refractivity contribution in [2.24, 2.45) is 0 Å². The van der Waals surface area contributed by atoms with Crippen LogP contribution in [-0.4, -0.2) is 31.9 Å². The van der Waals surface area contributed by atoms with Gasteiger partial charge < -0.3 is 5.32 Å². The number of halogens is 2. The average molecular weight is 408 g/mol. The SMILES string of the molecule is CCc1ccc(-n2nnnc2SCC(=O)Nc2cc(Cl)ccc2Cl)cc1. The molecule has 0 saturated heterocycles. The first kappa shape index (κ1) is 18.7. The van der Waals surface area contributed by atoms with Crippen LogP contribution < -0.4 is 5.32 Å². The van der Waals surface area contributed by atoms with E-state index < -0.39 is 0 Å². The van der Waals surface area contributed by atoms with Crippen molar-refractivity contribution in [3.05, 3.63) is 58.1 Å². The Kier molecular flexibility index (Phi) is 6.13. The van der Waals surface area contributed by atoms with E-state index in [1.807, 2.05) is 24.3 Å². The van der Waals surface area contributed by atoms with Crippen LogP contribution in [0.2, 0.25) is 10.0 Å². The third-order valence-electron chi connectivity index (χ3n) is 3.56. The number of aryl methyl sites for hydroxylation is 1. The van der Waals surface area contributed by atoms with E-state index in [1.165, 1.54) is 17.3 Å². The summed E-state index contributed by atoms with van der Waals surface area (Å²) in [5.74, 6) is -0.0916. The van der Waals surface area contributed by atoms with Crippen molar-refractivity contribution in [2.75, 3.05) is 11.1 Å². The van der Waals surface area contributed by atoms with Crippen molar-refractivity contribution in [3.63, 3.8) is 0 Å². The number of hydrogen-bond acceptors (Lipinski definition) is 5. The molecule has 1 amide bonds. The molecule has 6 nitrogen and oxygen atoms in total. The van der Waals surface area contributed by atoms with Gasteiger partial charge >= 0.3 is 0 Å². The van der Waals surface area contributed by atoms with E-state index in [0.717, 1.165) is 12.1 Å². The molecule has 9 heteroatoms. The zero-order chi connectivity index (χ0) is 18.5. The van der Waals surface area contributed by atoms with Crippen LogP contribution in [0.4, 0.5) is 5.69 Å². The summed E-state index contributed by atoms with van der Waals surface area (Å²) in [7, 11) is 0. The molecule has 0 spiro atoms. The molecule has 1 aromatic heterocycles. The van der Waals surface area contributed by atoms with Crippen molar-refractivity contribution >= 4 is 46.6 Å². The number of carbonyl (C=O) groups excluding carboxylic acids is 1. The number of nitrogens with zero attached hydrogens (tertiary/aromatic N) is 4. The number of carbonyl (C=O) groups is 1. The van der Waals surface area contributed by atoms with Gasteiger partial charge in [0.1, 0.15) is 0 Å². The lowest BCUT2D eigenvalue weighted by atomic mass is 10.1. The highest BCUT2D eigenvalue weighted by Gasteiger charge is 2.13. The van der Waals surface area contributed by atoms with Gasteiger partial charge in [-0.3, -0.25) is 4.79 Å². The molecule has 0 radical (unpaired) electrons. The van der Waals surface area contributed by atoms with Crippen LogP contribution >= 0.6 is 35.0 Å². The highest BCUT2D eigenvalue weighted by atomic mass is 35.5. The Balaban J connectivity index is 1.66. The second-order valence-electron chi connectivity index (χ2n) is 5.35. The lowest BCUT2D eigenvalue weighted by molar-refractivity contribution is -0.113. The van der Waals surface area contributed by atoms with E-state index in [1.54, 1.807) is 22.9 Å². The zero-order valence-corrected chi connectivity index (χ0v) is 16.1. The monoisotopic (exact) mass is 407 g/mol. The van der Waals surface area contributed by atoms with Crippen LogP contribution in [-0.2, 0) is 11.2 Å². The first-order valence-electron chi connectivity index (χ1n) is 7.82. The Morgan fingerprint density at radius 1 is 1.19 bits per heavy atom. The standard InChI is InChI=1S/C17H15Cl2N5OS/c1-2-11-3-6-13(7-4-11)24-17(21-22-23-24)26-10-16(25)20-15-9-12(18)5-8-14(15)19/h3-9H,2,10H2,1H3,(H,20,25). The number of amides is 1. The molecule has 0 atom stereocenters. The Bertz CT molecular complexity index is 914. The second kappa shape index (κ2) is 8.53. The number of rotatable bonds is 6. The van der Waals surface area contributed by atoms with Crippen LogP contribution in [0.25, 0.3) is 5.69 Å². The van der Waals surface area contributed by atoms with Crippen molar-refractivity contribution in [3.8, 4) is 5.69 Å². The van der Waals surface area contributed by atoms with Crippen LogP contribution in [0.15, 0.2) is 47.6 Å². The number of nitrogens with one attached hydrogen (secondary N) is 1. The summed E-state index contributed by atoms with van der Waals surface area (Å²) in [5, 5.41) is 15.9. The molecule has 3 aromatic rings. The van der Waals surface area contributed by atoms with Gasteiger partial charge in [-0.25, -0.2) is 0 Å². The first-order chi connectivity index (χ1) is 12.6. The molecular formula is C17H15Cl2N5OS. The maximum Gasteiger partial charge on any atom is 0.234 e. The normalized spacial score (nSPS) is 10.7. The third-order valence-corrected chi connectivity index (χ3v) is 5.05. The summed E-state index contributed by atoms with van der Waals surface area (Å²) in [5.41, 5.74) is 2.54. The molecule has 1 heterocycles. The Morgan fingerprint density at radius 3 is 2.69 bits per heavy atom. The molecule has 134 valence electrons. The Hall–Kier alpha value is -2.09. The van der Waals surface area contributed by atoms with Crippen molar-refractivity contribution in [1.29, 1.82) is 0 Å². The number of hydrogen-bond donors (Lipinski definition) is 1. The van der Waals surface area contributed by atoms with Gasteiger partial charge in [-0.05, 0) is 52.7 Å². The molecule has 0 aliphatic heterocycles. The number of benzene rings is 2. The Morgan fingerprint density at radius 2 is 1.96 bits per heavy atom. The van der Waals surface area contributed by atoms with E-state index >= 15 is 0 Å². The van der Waals surface area contributed by atoms with Gasteiger partial charge in [0.2, 0.25) is 11.1 Å². The van der Waals surface area contributed by atoms with Crippen LogP contribution in [0.5, 0.6) is 0 Å². The third kappa shape index (κ3) is 4.55. The minimum absolute atomic E-state index is 0.135. The maximum atomic E-state index is 12.2. The summed E-state index contributed by atoms with van der Waals surface area (Å²) in [6.45, 7) is 2.10. The lowest BCUT2D eigenvalue weighted by Gasteiger charge is -2.08. The number of anilines is 1. The van der Waals surface area contributed by atoms with E-state index in [4.69, 9.17) is 23.2 Å². The highest BCUT2D eigenvalue weighted by Crippen LogP contribution is 2.26. The van der Waals surface area contributed by atoms with E-state index in [0.29, 0.717) is 20.9 Å². The molecule has 2 aromatic carbocycles. The molecule has 0 unspecified atom stereocenters. The van der Waals surface area contributed by atoms with Gasteiger partial charge in [-0.15, -0.1) is 5.10 Å². The molecule has 0 aliphatic rings. The summed E-state index contributed by atoms with van der Waals surface area (Å²) < 4.78 is 1.60. The van der Waals surface area contributed by atoms with Crippen LogP contribution in [0.3, 0.4) is 0 Å². The van der Waals surface area contributed by atoms with E-state index in [9.17, 15) is 4.79 Å². The fraction of sp³-hybridized carbons (Fsp3) is 0.176. The number of tetrazole rings is 1. The van der Waals surface area contributed by atoms with Gasteiger partial charge in [0.15, 0.2) is 0 Å². The van der Waals surface area contributed by atoms with Gasteiger partial charge in [0.05, 0.1) is 22.2 Å². The summed E-state index contributed by atoms with van der Waals surface area (Å²) in [4.78, 5) is 12.2. The molecule has 0 bridgehead atoms. The first-order valence-corrected chi connectivity index (χ1v) is 9.56. The minimum atomic E-state index is -0.227. The van der Waals surface area contributed by atoms with Gasteiger partial charge in [0.25, 0.3) is 0 Å². The fourth-order valence-corrected chi connectivity index (χ4v) is 3.24. The van der Waals surface area contributed by atoms with Crippen molar-refractivity contribution < 1.29 is 4.79 Å². The predicted octanol–water partition coefficient (Wildman–Crippen LogP) is 4.26. The highest BCUT2D eigenvalue weighted by molar-refractivity contribution is 7.99. The van der Waals surface area contributed by atoms with Gasteiger partial charge in [-0.1, -0.05) is 54.0 Å². The van der Waals surface area contributed by atoms with Gasteiger partial charge in [0, 0.05) is 5.02 Å². The average Bonchev–Trinajstić information content (AvgIpc) is 3.12. The molecular weight excluding hydrogens is 393 g/mol. The zero-order valence-electron chi connectivity index (χ0n) is 13.8. The predicted molar refractivity (Wildman–Crippen MR) is 104 cm³/mol. The molecule has 0 aliphatic carbocycles. The van der Waals surface area contributed by atoms with E-state index in [2.05, 4.69) is 27.8 Å². The fourth-order valence-electron chi connectivity index (χ4n) is 2.21. The maximum absolute atomic E-state index is 12.2. The smallest absolute Gasteiger partial charge is 0.234 e. The summed E-state index contributed by atoms with van der Waals surface area (Å²) in [6, 6.07) is 12.8. The van der Waals surface area contributed by atoms with Crippen LogP contribution in [0, 0.1) is 0 Å². The minimum Gasteiger partial charge on any atom is -0.324 e. The van der Waals surface area contributed by atoms with Crippen molar-refractivity contribution in [2.45, 2.75) is 18.5 Å². The lowest BCUT2D eigenvalue weighted by Crippen LogP contribution is -2.15. The molecule has 0 fully saturated rings. The largest absolute Gasteiger partial charge is 0.324 e.